The van der Waals surface area contributed by atoms with Gasteiger partial charge in [0.15, 0.2) is 0 Å². The molecule has 9 heteroatoms. The van der Waals surface area contributed by atoms with Crippen molar-refractivity contribution in [2.75, 3.05) is 18.1 Å². The lowest BCUT2D eigenvalue weighted by molar-refractivity contribution is -0.384. The Bertz CT molecular complexity index is 509. The zero-order chi connectivity index (χ0) is 14.2. The van der Waals surface area contributed by atoms with Crippen molar-refractivity contribution in [1.29, 1.82) is 0 Å². The highest BCUT2D eigenvalue weighted by Crippen LogP contribution is 2.37. The highest BCUT2D eigenvalue weighted by molar-refractivity contribution is 5.60. The number of aromatic nitrogens is 1. The highest BCUT2D eigenvalue weighted by atomic mass is 16.6. The molecule has 0 amide bonds. The van der Waals surface area contributed by atoms with Crippen LogP contribution < -0.4 is 11.5 Å². The number of anilines is 2. The van der Waals surface area contributed by atoms with E-state index in [4.69, 9.17) is 21.3 Å². The second-order valence-electron chi connectivity index (χ2n) is 4.27. The van der Waals surface area contributed by atoms with Crippen molar-refractivity contribution in [1.82, 2.24) is 4.98 Å². The maximum Gasteiger partial charge on any atom is 0.311 e. The lowest BCUT2D eigenvalue weighted by atomic mass is 10.0. The molecule has 9 nitrogen and oxygen atoms in total. The van der Waals surface area contributed by atoms with E-state index in [1.54, 1.807) is 0 Å². The molecule has 1 saturated heterocycles. The molecular formula is C10H14N4O5. The number of nitrogens with zero attached hydrogens (tertiary/aromatic N) is 2. The lowest BCUT2D eigenvalue weighted by Crippen LogP contribution is -2.24. The average molecular weight is 270 g/mol. The molecule has 0 aromatic carbocycles. The van der Waals surface area contributed by atoms with Gasteiger partial charge < -0.3 is 26.4 Å². The standard InChI is InChI=1S/C10H14N4O5/c11-9-4(1-5(14(17)18)10(12)13-9)7-2-6(16)8(3-15)19-7/h1,6-8,15-16H,2-3H2,(H4,11,12,13)/t6-,7?,8+/m0/s1. The van der Waals surface area contributed by atoms with Gasteiger partial charge >= 0.3 is 5.69 Å². The lowest BCUT2D eigenvalue weighted by Gasteiger charge is -2.14. The van der Waals surface area contributed by atoms with Gasteiger partial charge in [-0.05, 0) is 0 Å². The summed E-state index contributed by atoms with van der Waals surface area (Å²) in [6.45, 7) is -0.345. The predicted octanol–water partition coefficient (Wildman–Crippen LogP) is -0.663. The Morgan fingerprint density at radius 3 is 2.74 bits per heavy atom. The van der Waals surface area contributed by atoms with Crippen LogP contribution in [-0.2, 0) is 4.74 Å². The summed E-state index contributed by atoms with van der Waals surface area (Å²) < 4.78 is 5.38. The van der Waals surface area contributed by atoms with Crippen LogP contribution in [0.3, 0.4) is 0 Å². The molecule has 19 heavy (non-hydrogen) atoms. The molecule has 1 aromatic rings. The first kappa shape index (κ1) is 13.5. The Balaban J connectivity index is 2.35. The maximum absolute atomic E-state index is 10.8. The second kappa shape index (κ2) is 4.96. The third-order valence-corrected chi connectivity index (χ3v) is 3.04. The van der Waals surface area contributed by atoms with Gasteiger partial charge in [0.2, 0.25) is 5.82 Å². The van der Waals surface area contributed by atoms with Gasteiger partial charge in [-0.1, -0.05) is 0 Å². The Morgan fingerprint density at radius 2 is 2.21 bits per heavy atom. The van der Waals surface area contributed by atoms with Gasteiger partial charge in [-0.25, -0.2) is 4.98 Å². The van der Waals surface area contributed by atoms with E-state index < -0.39 is 23.2 Å². The molecule has 1 unspecified atom stereocenters. The first-order valence-electron chi connectivity index (χ1n) is 5.58. The zero-order valence-corrected chi connectivity index (χ0v) is 9.89. The van der Waals surface area contributed by atoms with Crippen molar-refractivity contribution in [2.24, 2.45) is 0 Å². The number of ether oxygens (including phenoxy) is 1. The van der Waals surface area contributed by atoms with Gasteiger partial charge in [0.1, 0.15) is 11.9 Å². The van der Waals surface area contributed by atoms with Crippen molar-refractivity contribution >= 4 is 17.3 Å². The van der Waals surface area contributed by atoms with Gasteiger partial charge in [0.25, 0.3) is 0 Å². The number of aliphatic hydroxyl groups is 2. The molecule has 1 aromatic heterocycles. The topological polar surface area (TPSA) is 158 Å². The van der Waals surface area contributed by atoms with Gasteiger partial charge in [0, 0.05) is 18.1 Å². The van der Waals surface area contributed by atoms with E-state index >= 15 is 0 Å². The average Bonchev–Trinajstić information content (AvgIpc) is 2.69. The van der Waals surface area contributed by atoms with Crippen molar-refractivity contribution < 1.29 is 19.9 Å². The molecule has 0 aliphatic carbocycles. The van der Waals surface area contributed by atoms with Crippen LogP contribution in [0.25, 0.3) is 0 Å². The largest absolute Gasteiger partial charge is 0.394 e. The Labute approximate surface area is 108 Å². The van der Waals surface area contributed by atoms with E-state index in [0.717, 1.165) is 0 Å². The molecule has 1 aliphatic rings. The summed E-state index contributed by atoms with van der Waals surface area (Å²) in [4.78, 5) is 13.8. The van der Waals surface area contributed by atoms with Crippen LogP contribution in [0.5, 0.6) is 0 Å². The molecule has 1 aliphatic heterocycles. The summed E-state index contributed by atoms with van der Waals surface area (Å²) in [6, 6.07) is 1.19. The minimum atomic E-state index is -0.856. The Morgan fingerprint density at radius 1 is 1.53 bits per heavy atom. The van der Waals surface area contributed by atoms with Crippen LogP contribution in [-0.4, -0.2) is 38.9 Å². The Kier molecular flexibility index (Phi) is 3.51. The van der Waals surface area contributed by atoms with E-state index in [1.807, 2.05) is 0 Å². The molecule has 6 N–H and O–H groups in total. The number of hydrogen-bond acceptors (Lipinski definition) is 8. The fourth-order valence-electron chi connectivity index (χ4n) is 2.04. The molecule has 0 radical (unpaired) electrons. The fraction of sp³-hybridized carbons (Fsp3) is 0.500. The number of pyridine rings is 1. The third-order valence-electron chi connectivity index (χ3n) is 3.04. The normalized spacial score (nSPS) is 26.5. The molecule has 2 heterocycles. The first-order valence-corrected chi connectivity index (χ1v) is 5.58. The van der Waals surface area contributed by atoms with Gasteiger partial charge in [-0.3, -0.25) is 10.1 Å². The zero-order valence-electron chi connectivity index (χ0n) is 9.89. The maximum atomic E-state index is 10.8. The van der Waals surface area contributed by atoms with E-state index in [1.165, 1.54) is 6.07 Å². The monoisotopic (exact) mass is 270 g/mol. The smallest absolute Gasteiger partial charge is 0.311 e. The summed E-state index contributed by atoms with van der Waals surface area (Å²) in [5, 5.41) is 29.4. The summed E-state index contributed by atoms with van der Waals surface area (Å²) >= 11 is 0. The molecular weight excluding hydrogens is 256 g/mol. The molecule has 0 spiro atoms. The van der Waals surface area contributed by atoms with E-state index in [-0.39, 0.29) is 35.9 Å². The summed E-state index contributed by atoms with van der Waals surface area (Å²) in [7, 11) is 0. The molecule has 3 atom stereocenters. The number of nitrogens with two attached hydrogens (primary N) is 2. The number of rotatable bonds is 3. The SMILES string of the molecule is Nc1nc(N)c([N+](=O)[O-])cc1C1C[C@H](O)[C@@H](CO)O1. The quantitative estimate of drug-likeness (QED) is 0.416. The van der Waals surface area contributed by atoms with Crippen LogP contribution >= 0.6 is 0 Å². The van der Waals surface area contributed by atoms with E-state index in [9.17, 15) is 15.2 Å². The number of hydrogen-bond donors (Lipinski definition) is 4. The van der Waals surface area contributed by atoms with Crippen LogP contribution in [0.4, 0.5) is 17.3 Å². The summed E-state index contributed by atoms with van der Waals surface area (Å²) in [5.74, 6) is -0.262. The van der Waals surface area contributed by atoms with Crippen LogP contribution in [0.15, 0.2) is 6.07 Å². The molecule has 2 rings (SSSR count). The molecule has 1 fully saturated rings. The fourth-order valence-corrected chi connectivity index (χ4v) is 2.04. The molecule has 0 saturated carbocycles. The first-order chi connectivity index (χ1) is 8.93. The van der Waals surface area contributed by atoms with Crippen molar-refractivity contribution in [3.05, 3.63) is 21.7 Å². The van der Waals surface area contributed by atoms with Crippen LogP contribution in [0.1, 0.15) is 18.1 Å². The molecule has 0 bridgehead atoms. The van der Waals surface area contributed by atoms with Crippen molar-refractivity contribution in [2.45, 2.75) is 24.7 Å². The second-order valence-corrected chi connectivity index (χ2v) is 4.27. The minimum Gasteiger partial charge on any atom is -0.394 e. The van der Waals surface area contributed by atoms with Crippen LogP contribution in [0.2, 0.25) is 0 Å². The van der Waals surface area contributed by atoms with Crippen LogP contribution in [0, 0.1) is 10.1 Å². The number of aliphatic hydroxyl groups excluding tert-OH is 2. The molecule has 104 valence electrons. The van der Waals surface area contributed by atoms with Gasteiger partial charge in [0.05, 0.1) is 23.7 Å². The van der Waals surface area contributed by atoms with Gasteiger partial charge in [-0.15, -0.1) is 0 Å². The van der Waals surface area contributed by atoms with Crippen molar-refractivity contribution in [3.8, 4) is 0 Å². The number of nitrogen functional groups attached to an aromatic ring is 2. The van der Waals surface area contributed by atoms with E-state index in [0.29, 0.717) is 0 Å². The van der Waals surface area contributed by atoms with Crippen molar-refractivity contribution in [3.63, 3.8) is 0 Å². The third kappa shape index (κ3) is 2.43. The Hall–Kier alpha value is -1.97. The minimum absolute atomic E-state index is 0.0129. The highest BCUT2D eigenvalue weighted by Gasteiger charge is 2.36. The van der Waals surface area contributed by atoms with E-state index in [2.05, 4.69) is 4.98 Å². The summed E-state index contributed by atoms with van der Waals surface area (Å²) in [5.41, 5.74) is 11.0. The van der Waals surface area contributed by atoms with Gasteiger partial charge in [-0.2, -0.15) is 0 Å². The number of nitro groups is 1. The predicted molar refractivity (Wildman–Crippen MR) is 65.0 cm³/mol. The summed E-state index contributed by atoms with van der Waals surface area (Å²) in [6.07, 6.45) is -2.07.